The van der Waals surface area contributed by atoms with E-state index in [1.807, 2.05) is 30.3 Å². The zero-order chi connectivity index (χ0) is 22.9. The number of hydrogen-bond acceptors (Lipinski definition) is 7. The Morgan fingerprint density at radius 3 is 2.32 bits per heavy atom. The van der Waals surface area contributed by atoms with Gasteiger partial charge in [0.25, 0.3) is 5.56 Å². The fourth-order valence-electron chi connectivity index (χ4n) is 2.89. The van der Waals surface area contributed by atoms with Crippen LogP contribution in [0.4, 0.5) is 0 Å². The van der Waals surface area contributed by atoms with Crippen molar-refractivity contribution in [3.8, 4) is 0 Å². The van der Waals surface area contributed by atoms with Crippen LogP contribution < -0.4 is 11.2 Å². The van der Waals surface area contributed by atoms with Gasteiger partial charge in [-0.25, -0.2) is 4.79 Å². The van der Waals surface area contributed by atoms with Gasteiger partial charge in [-0.3, -0.25) is 18.9 Å². The largest absolute Gasteiger partial charge is 0.371 e. The zero-order valence-electron chi connectivity index (χ0n) is 18.4. The molecule has 172 valence electrons. The standard InChI is InChI=1S/C21H31N2O7P/c1-5-29-31(26,30-6-2)14-19(17(4)27-13-18-10-8-7-9-11-18)28-15-23-12-16(3)20(24)22-21(23)25/h7-12,17,19H,5-6,13-15H2,1-4H3,(H,22,24,25)/t17-,19+/m0/s1. The van der Waals surface area contributed by atoms with Crippen molar-refractivity contribution in [2.75, 3.05) is 19.4 Å². The maximum absolute atomic E-state index is 13.1. The van der Waals surface area contributed by atoms with Crippen LogP contribution in [0.5, 0.6) is 0 Å². The van der Waals surface area contributed by atoms with Gasteiger partial charge in [-0.15, -0.1) is 0 Å². The van der Waals surface area contributed by atoms with Gasteiger partial charge < -0.3 is 18.5 Å². The van der Waals surface area contributed by atoms with Crippen LogP contribution in [0, 0.1) is 6.92 Å². The third kappa shape index (κ3) is 7.87. The smallest absolute Gasteiger partial charge is 0.333 e. The van der Waals surface area contributed by atoms with E-state index in [9.17, 15) is 14.2 Å². The van der Waals surface area contributed by atoms with E-state index in [4.69, 9.17) is 18.5 Å². The Hall–Kier alpha value is -2.03. The topological polar surface area (TPSA) is 109 Å². The molecule has 0 saturated heterocycles. The van der Waals surface area contributed by atoms with Crippen molar-refractivity contribution >= 4 is 7.60 Å². The molecular weight excluding hydrogens is 423 g/mol. The van der Waals surface area contributed by atoms with E-state index in [1.54, 1.807) is 27.7 Å². The summed E-state index contributed by atoms with van der Waals surface area (Å²) in [7, 11) is -3.43. The molecule has 0 aliphatic rings. The maximum Gasteiger partial charge on any atom is 0.333 e. The van der Waals surface area contributed by atoms with Crippen LogP contribution in [-0.4, -0.2) is 41.1 Å². The number of aromatic amines is 1. The number of nitrogens with one attached hydrogen (secondary N) is 1. The van der Waals surface area contributed by atoms with Gasteiger partial charge in [-0.1, -0.05) is 30.3 Å². The summed E-state index contributed by atoms with van der Waals surface area (Å²) in [6.45, 7) is 7.50. The van der Waals surface area contributed by atoms with Gasteiger partial charge >= 0.3 is 13.3 Å². The SMILES string of the molecule is CCOP(=O)(C[C@@H](OCn1cc(C)c(=O)[nH]c1=O)[C@H](C)OCc1ccccc1)OCC. The van der Waals surface area contributed by atoms with Crippen molar-refractivity contribution in [1.82, 2.24) is 9.55 Å². The van der Waals surface area contributed by atoms with Crippen LogP contribution in [0.15, 0.2) is 46.1 Å². The van der Waals surface area contributed by atoms with Gasteiger partial charge in [0.2, 0.25) is 0 Å². The summed E-state index contributed by atoms with van der Waals surface area (Å²) >= 11 is 0. The van der Waals surface area contributed by atoms with Crippen molar-refractivity contribution in [2.45, 2.75) is 53.2 Å². The molecule has 0 fully saturated rings. The molecule has 10 heteroatoms. The van der Waals surface area contributed by atoms with Crippen LogP contribution in [0.2, 0.25) is 0 Å². The molecule has 0 spiro atoms. The Labute approximate surface area is 181 Å². The Bertz CT molecular complexity index is 964. The molecule has 1 heterocycles. The molecule has 1 aromatic heterocycles. The van der Waals surface area contributed by atoms with E-state index >= 15 is 0 Å². The summed E-state index contributed by atoms with van der Waals surface area (Å²) in [4.78, 5) is 25.9. The monoisotopic (exact) mass is 454 g/mol. The highest BCUT2D eigenvalue weighted by molar-refractivity contribution is 7.53. The Morgan fingerprint density at radius 2 is 1.71 bits per heavy atom. The van der Waals surface area contributed by atoms with Crippen molar-refractivity contribution in [1.29, 1.82) is 0 Å². The maximum atomic E-state index is 13.1. The van der Waals surface area contributed by atoms with Gasteiger partial charge in [0.1, 0.15) is 6.73 Å². The van der Waals surface area contributed by atoms with E-state index in [2.05, 4.69) is 4.98 Å². The van der Waals surface area contributed by atoms with Gasteiger partial charge in [0, 0.05) is 11.8 Å². The minimum Gasteiger partial charge on any atom is -0.371 e. The molecule has 0 saturated carbocycles. The number of H-pyrrole nitrogens is 1. The second-order valence-corrected chi connectivity index (χ2v) is 9.11. The van der Waals surface area contributed by atoms with Crippen molar-refractivity contribution in [2.24, 2.45) is 0 Å². The molecule has 0 radical (unpaired) electrons. The third-order valence-electron chi connectivity index (χ3n) is 4.55. The lowest BCUT2D eigenvalue weighted by Crippen LogP contribution is -2.37. The molecule has 2 rings (SSSR count). The van der Waals surface area contributed by atoms with Gasteiger partial charge in [-0.2, -0.15) is 0 Å². The van der Waals surface area contributed by atoms with Crippen molar-refractivity contribution in [3.05, 3.63) is 68.5 Å². The summed E-state index contributed by atoms with van der Waals surface area (Å²) in [6.07, 6.45) is 0.209. The van der Waals surface area contributed by atoms with Gasteiger partial charge in [0.15, 0.2) is 0 Å². The van der Waals surface area contributed by atoms with Crippen LogP contribution in [0.3, 0.4) is 0 Å². The second-order valence-electron chi connectivity index (χ2n) is 7.01. The van der Waals surface area contributed by atoms with E-state index in [0.717, 1.165) is 5.56 Å². The van der Waals surface area contributed by atoms with E-state index < -0.39 is 31.1 Å². The molecule has 0 aliphatic carbocycles. The summed E-state index contributed by atoms with van der Waals surface area (Å²) in [6, 6.07) is 9.64. The van der Waals surface area contributed by atoms with Crippen LogP contribution in [0.25, 0.3) is 0 Å². The fourth-order valence-corrected chi connectivity index (χ4v) is 4.81. The first-order valence-corrected chi connectivity index (χ1v) is 12.0. The summed E-state index contributed by atoms with van der Waals surface area (Å²) in [5, 5.41) is 0. The van der Waals surface area contributed by atoms with Crippen LogP contribution in [-0.2, 0) is 36.4 Å². The molecular formula is C21H31N2O7P. The van der Waals surface area contributed by atoms with Gasteiger partial charge in [0.05, 0.1) is 38.2 Å². The van der Waals surface area contributed by atoms with E-state index in [-0.39, 0.29) is 26.1 Å². The average Bonchev–Trinajstić information content (AvgIpc) is 2.73. The van der Waals surface area contributed by atoms with Crippen LogP contribution in [0.1, 0.15) is 31.9 Å². The van der Waals surface area contributed by atoms with Gasteiger partial charge in [-0.05, 0) is 33.3 Å². The molecule has 2 atom stereocenters. The third-order valence-corrected chi connectivity index (χ3v) is 6.66. The predicted octanol–water partition coefficient (Wildman–Crippen LogP) is 3.06. The summed E-state index contributed by atoms with van der Waals surface area (Å²) < 4.78 is 37.0. The fraction of sp³-hybridized carbons (Fsp3) is 0.524. The van der Waals surface area contributed by atoms with E-state index in [0.29, 0.717) is 12.2 Å². The quantitative estimate of drug-likeness (QED) is 0.463. The summed E-state index contributed by atoms with van der Waals surface area (Å²) in [5.41, 5.74) is 0.320. The summed E-state index contributed by atoms with van der Waals surface area (Å²) in [5.74, 6) is 0. The van der Waals surface area contributed by atoms with E-state index in [1.165, 1.54) is 10.8 Å². The molecule has 0 amide bonds. The first-order chi connectivity index (χ1) is 14.8. The molecule has 31 heavy (non-hydrogen) atoms. The molecule has 0 bridgehead atoms. The van der Waals surface area contributed by atoms with Crippen molar-refractivity contribution < 1.29 is 23.1 Å². The first kappa shape index (κ1) is 25.2. The molecule has 9 nitrogen and oxygen atoms in total. The number of ether oxygens (including phenoxy) is 2. The highest BCUT2D eigenvalue weighted by atomic mass is 31.2. The lowest BCUT2D eigenvalue weighted by Gasteiger charge is -2.28. The average molecular weight is 454 g/mol. The number of nitrogens with zero attached hydrogens (tertiary/aromatic N) is 1. The minimum atomic E-state index is -3.43. The lowest BCUT2D eigenvalue weighted by molar-refractivity contribution is -0.0840. The first-order valence-electron chi connectivity index (χ1n) is 10.2. The molecule has 0 aliphatic heterocycles. The highest BCUT2D eigenvalue weighted by Gasteiger charge is 2.33. The van der Waals surface area contributed by atoms with Crippen molar-refractivity contribution in [3.63, 3.8) is 0 Å². The number of benzene rings is 1. The number of aromatic nitrogens is 2. The number of rotatable bonds is 13. The number of aryl methyl sites for hydroxylation is 1. The molecule has 1 aromatic carbocycles. The Balaban J connectivity index is 2.17. The normalized spacial score (nSPS) is 13.8. The molecule has 0 unspecified atom stereocenters. The lowest BCUT2D eigenvalue weighted by atomic mass is 10.2. The number of hydrogen-bond donors (Lipinski definition) is 1. The predicted molar refractivity (Wildman–Crippen MR) is 117 cm³/mol. The Morgan fingerprint density at radius 1 is 1.06 bits per heavy atom. The Kier molecular flexibility index (Phi) is 9.87. The minimum absolute atomic E-state index is 0.0400. The van der Waals surface area contributed by atoms with Crippen LogP contribution >= 0.6 is 7.60 Å². The zero-order valence-corrected chi connectivity index (χ0v) is 19.3. The molecule has 1 N–H and O–H groups in total. The molecule has 2 aromatic rings. The second kappa shape index (κ2) is 12.1. The highest BCUT2D eigenvalue weighted by Crippen LogP contribution is 2.49.